The lowest BCUT2D eigenvalue weighted by atomic mass is 10.1. The van der Waals surface area contributed by atoms with Gasteiger partial charge in [-0.15, -0.1) is 6.58 Å². The van der Waals surface area contributed by atoms with E-state index in [1.807, 2.05) is 6.08 Å². The quantitative estimate of drug-likeness (QED) is 0.382. The van der Waals surface area contributed by atoms with Gasteiger partial charge in [-0.05, 0) is 25.7 Å². The first-order valence-corrected chi connectivity index (χ1v) is 7.90. The second kappa shape index (κ2) is 10.1. The molecule has 0 aliphatic carbocycles. The number of unbranched alkanes of at least 4 members (excludes halogenated alkanes) is 6. The molecule has 1 saturated heterocycles. The maximum Gasteiger partial charge on any atom is 0.308 e. The number of amides is 2. The number of hydrogen-bond donors (Lipinski definition) is 1. The third-order valence-electron chi connectivity index (χ3n) is 3.59. The standard InChI is InChI=1S/C16H26N2O3/c1-2-3-4-5-6-7-8-9-12-15(20)17-18-13-10-11-14(19)16(18)21/h2H,1,3-13H2,(H,17,20). The van der Waals surface area contributed by atoms with Crippen molar-refractivity contribution in [2.45, 2.75) is 64.2 Å². The van der Waals surface area contributed by atoms with Gasteiger partial charge in [-0.3, -0.25) is 19.8 Å². The zero-order chi connectivity index (χ0) is 15.5. The molecule has 0 aromatic rings. The van der Waals surface area contributed by atoms with Crippen molar-refractivity contribution in [3.05, 3.63) is 12.7 Å². The van der Waals surface area contributed by atoms with Crippen LogP contribution in [-0.4, -0.2) is 29.2 Å². The second-order valence-electron chi connectivity index (χ2n) is 5.47. The number of ketones is 1. The van der Waals surface area contributed by atoms with Crippen molar-refractivity contribution < 1.29 is 14.4 Å². The molecule has 1 N–H and O–H groups in total. The Morgan fingerprint density at radius 1 is 1.14 bits per heavy atom. The number of carbonyl (C=O) groups excluding carboxylic acids is 3. The monoisotopic (exact) mass is 294 g/mol. The van der Waals surface area contributed by atoms with Crippen LogP contribution in [-0.2, 0) is 14.4 Å². The fraction of sp³-hybridized carbons (Fsp3) is 0.688. The van der Waals surface area contributed by atoms with Crippen LogP contribution < -0.4 is 5.43 Å². The van der Waals surface area contributed by atoms with Crippen molar-refractivity contribution in [1.82, 2.24) is 10.4 Å². The summed E-state index contributed by atoms with van der Waals surface area (Å²) in [5.41, 5.74) is 2.53. The number of rotatable bonds is 10. The molecule has 2 amide bonds. The summed E-state index contributed by atoms with van der Waals surface area (Å²) in [6.07, 6.45) is 10.9. The van der Waals surface area contributed by atoms with Crippen LogP contribution >= 0.6 is 0 Å². The lowest BCUT2D eigenvalue weighted by molar-refractivity contribution is -0.152. The van der Waals surface area contributed by atoms with Gasteiger partial charge in [-0.1, -0.05) is 31.8 Å². The predicted octanol–water partition coefficient (Wildman–Crippen LogP) is 2.52. The average Bonchev–Trinajstić information content (AvgIpc) is 2.47. The lowest BCUT2D eigenvalue weighted by Crippen LogP contribution is -2.51. The maximum atomic E-state index is 11.7. The van der Waals surface area contributed by atoms with Crippen LogP contribution in [0, 0.1) is 0 Å². The average molecular weight is 294 g/mol. The molecule has 5 nitrogen and oxygen atoms in total. The van der Waals surface area contributed by atoms with E-state index in [2.05, 4.69) is 12.0 Å². The highest BCUT2D eigenvalue weighted by Gasteiger charge is 2.27. The Kier molecular flexibility index (Phi) is 8.40. The molecular formula is C16H26N2O3. The summed E-state index contributed by atoms with van der Waals surface area (Å²) in [6.45, 7) is 4.12. The number of carbonyl (C=O) groups is 3. The van der Waals surface area contributed by atoms with E-state index >= 15 is 0 Å². The van der Waals surface area contributed by atoms with E-state index in [1.54, 1.807) is 0 Å². The lowest BCUT2D eigenvalue weighted by Gasteiger charge is -2.25. The van der Waals surface area contributed by atoms with Crippen molar-refractivity contribution in [1.29, 1.82) is 0 Å². The van der Waals surface area contributed by atoms with E-state index in [0.29, 0.717) is 19.4 Å². The first-order chi connectivity index (χ1) is 10.1. The van der Waals surface area contributed by atoms with Crippen LogP contribution in [0.2, 0.25) is 0 Å². The first kappa shape index (κ1) is 17.4. The summed E-state index contributed by atoms with van der Waals surface area (Å²) in [4.78, 5) is 34.5. The van der Waals surface area contributed by atoms with Crippen molar-refractivity contribution in [2.75, 3.05) is 6.54 Å². The molecule has 1 rings (SSSR count). The minimum atomic E-state index is -0.586. The SMILES string of the molecule is C=CCCCCCCCCC(=O)NN1CCCC(=O)C1=O. The van der Waals surface area contributed by atoms with E-state index < -0.39 is 11.7 Å². The molecule has 0 bridgehead atoms. The van der Waals surface area contributed by atoms with Gasteiger partial charge < -0.3 is 0 Å². The number of hydrazine groups is 1. The van der Waals surface area contributed by atoms with Crippen LogP contribution in [0.3, 0.4) is 0 Å². The second-order valence-corrected chi connectivity index (χ2v) is 5.47. The Hall–Kier alpha value is -1.65. The minimum Gasteiger partial charge on any atom is -0.289 e. The van der Waals surface area contributed by atoms with Crippen molar-refractivity contribution in [3.8, 4) is 0 Å². The molecule has 1 heterocycles. The number of nitrogens with one attached hydrogen (secondary N) is 1. The van der Waals surface area contributed by atoms with Crippen LogP contribution in [0.15, 0.2) is 12.7 Å². The normalized spacial score (nSPS) is 15.1. The molecule has 0 unspecified atom stereocenters. The predicted molar refractivity (Wildman–Crippen MR) is 81.2 cm³/mol. The molecule has 118 valence electrons. The van der Waals surface area contributed by atoms with Gasteiger partial charge in [0.25, 0.3) is 0 Å². The van der Waals surface area contributed by atoms with Crippen molar-refractivity contribution in [2.24, 2.45) is 0 Å². The summed E-state index contributed by atoms with van der Waals surface area (Å²) in [5.74, 6) is -1.18. The van der Waals surface area contributed by atoms with Crippen LogP contribution in [0.5, 0.6) is 0 Å². The summed E-state index contributed by atoms with van der Waals surface area (Å²) in [7, 11) is 0. The van der Waals surface area contributed by atoms with E-state index in [4.69, 9.17) is 0 Å². The zero-order valence-corrected chi connectivity index (χ0v) is 12.7. The molecule has 1 aliphatic rings. The Morgan fingerprint density at radius 3 is 2.52 bits per heavy atom. The third kappa shape index (κ3) is 7.06. The van der Waals surface area contributed by atoms with E-state index in [1.165, 1.54) is 19.3 Å². The molecule has 21 heavy (non-hydrogen) atoms. The number of nitrogens with zero attached hydrogens (tertiary/aromatic N) is 1. The van der Waals surface area contributed by atoms with Crippen molar-refractivity contribution in [3.63, 3.8) is 0 Å². The Balaban J connectivity index is 2.04. The molecule has 0 aromatic carbocycles. The van der Waals surface area contributed by atoms with Crippen LogP contribution in [0.1, 0.15) is 64.2 Å². The molecular weight excluding hydrogens is 268 g/mol. The molecule has 0 atom stereocenters. The highest BCUT2D eigenvalue weighted by Crippen LogP contribution is 2.09. The van der Waals surface area contributed by atoms with Gasteiger partial charge in [-0.2, -0.15) is 0 Å². The molecule has 0 spiro atoms. The fourth-order valence-corrected chi connectivity index (χ4v) is 2.35. The van der Waals surface area contributed by atoms with E-state index in [-0.39, 0.29) is 12.3 Å². The highest BCUT2D eigenvalue weighted by atomic mass is 16.2. The molecule has 0 radical (unpaired) electrons. The number of Topliss-reactive ketones (excluding diaryl/α,β-unsaturated/α-hetero) is 1. The third-order valence-corrected chi connectivity index (χ3v) is 3.59. The minimum absolute atomic E-state index is 0.176. The largest absolute Gasteiger partial charge is 0.308 e. The van der Waals surface area contributed by atoms with Crippen LogP contribution in [0.4, 0.5) is 0 Å². The smallest absolute Gasteiger partial charge is 0.289 e. The zero-order valence-electron chi connectivity index (χ0n) is 12.7. The molecule has 0 aromatic heterocycles. The summed E-state index contributed by atoms with van der Waals surface area (Å²) >= 11 is 0. The van der Waals surface area contributed by atoms with Gasteiger partial charge in [0.2, 0.25) is 11.7 Å². The molecule has 1 fully saturated rings. The molecule has 0 saturated carbocycles. The Bertz CT molecular complexity index is 380. The first-order valence-electron chi connectivity index (χ1n) is 7.90. The summed E-state index contributed by atoms with van der Waals surface area (Å²) in [5, 5.41) is 1.16. The van der Waals surface area contributed by atoms with E-state index in [0.717, 1.165) is 30.7 Å². The summed E-state index contributed by atoms with van der Waals surface area (Å²) in [6, 6.07) is 0. The van der Waals surface area contributed by atoms with Gasteiger partial charge >= 0.3 is 5.91 Å². The van der Waals surface area contributed by atoms with Gasteiger partial charge in [0.15, 0.2) is 0 Å². The van der Waals surface area contributed by atoms with Gasteiger partial charge in [0.1, 0.15) is 0 Å². The fourth-order valence-electron chi connectivity index (χ4n) is 2.35. The van der Waals surface area contributed by atoms with Gasteiger partial charge in [0, 0.05) is 19.4 Å². The van der Waals surface area contributed by atoms with Crippen molar-refractivity contribution >= 4 is 17.6 Å². The Morgan fingerprint density at radius 2 is 1.81 bits per heavy atom. The topological polar surface area (TPSA) is 66.5 Å². The van der Waals surface area contributed by atoms with Gasteiger partial charge in [0.05, 0.1) is 0 Å². The molecule has 5 heteroatoms. The number of hydrogen-bond acceptors (Lipinski definition) is 3. The summed E-state index contributed by atoms with van der Waals surface area (Å²) < 4.78 is 0. The highest BCUT2D eigenvalue weighted by molar-refractivity contribution is 6.36. The number of piperidine rings is 1. The number of allylic oxidation sites excluding steroid dienone is 1. The van der Waals surface area contributed by atoms with Gasteiger partial charge in [-0.25, -0.2) is 5.01 Å². The van der Waals surface area contributed by atoms with Crippen LogP contribution in [0.25, 0.3) is 0 Å². The van der Waals surface area contributed by atoms with E-state index in [9.17, 15) is 14.4 Å². The molecule has 1 aliphatic heterocycles. The maximum absolute atomic E-state index is 11.7. The Labute approximate surface area is 126 Å².